The van der Waals surface area contributed by atoms with Crippen LogP contribution in [0.2, 0.25) is 0 Å². The van der Waals surface area contributed by atoms with Crippen LogP contribution in [0.25, 0.3) is 0 Å². The largest absolute Gasteiger partial charge is 0.482 e. The highest BCUT2D eigenvalue weighted by atomic mass is 19.1. The minimum Gasteiger partial charge on any atom is -0.482 e. The number of rotatable bonds is 8. The molecule has 4 rings (SSSR count). The number of Topliss-reactive ketones (excluding diaryl/α,β-unsaturated/α-hetero) is 1. The molecule has 2 amide bonds. The lowest BCUT2D eigenvalue weighted by Crippen LogP contribution is -2.51. The Hall–Kier alpha value is -4.34. The fourth-order valence-corrected chi connectivity index (χ4v) is 3.54. The number of anilines is 1. The Morgan fingerprint density at radius 3 is 2.77 bits per heavy atom. The van der Waals surface area contributed by atoms with Gasteiger partial charge in [0.2, 0.25) is 5.91 Å². The summed E-state index contributed by atoms with van der Waals surface area (Å²) in [4.78, 5) is 43.4. The van der Waals surface area contributed by atoms with Gasteiger partial charge in [-0.25, -0.2) is 8.78 Å². The van der Waals surface area contributed by atoms with Crippen molar-refractivity contribution in [3.8, 4) is 11.5 Å². The van der Waals surface area contributed by atoms with Crippen LogP contribution in [0.3, 0.4) is 0 Å². The highest BCUT2D eigenvalue weighted by molar-refractivity contribution is 6.05. The summed E-state index contributed by atoms with van der Waals surface area (Å²) in [6.45, 7) is 1.03. The molecule has 0 fully saturated rings. The zero-order valence-electron chi connectivity index (χ0n) is 18.7. The van der Waals surface area contributed by atoms with E-state index < -0.39 is 41.9 Å². The first kappa shape index (κ1) is 23.8. The van der Waals surface area contributed by atoms with Crippen molar-refractivity contribution in [3.05, 3.63) is 83.7 Å². The van der Waals surface area contributed by atoms with Gasteiger partial charge < -0.3 is 14.8 Å². The molecule has 1 aromatic heterocycles. The number of ketones is 1. The molecule has 1 unspecified atom stereocenters. The highest BCUT2D eigenvalue weighted by Gasteiger charge is 2.33. The number of carbonyl (C=O) groups excluding carboxylic acids is 3. The van der Waals surface area contributed by atoms with Crippen LogP contribution in [-0.2, 0) is 16.1 Å². The number of hydrogen-bond donors (Lipinski definition) is 1. The number of halogens is 2. The number of pyridine rings is 1. The van der Waals surface area contributed by atoms with Crippen molar-refractivity contribution in [3.63, 3.8) is 0 Å². The maximum Gasteiger partial charge on any atom is 0.265 e. The normalized spacial score (nSPS) is 13.5. The van der Waals surface area contributed by atoms with Gasteiger partial charge in [0.05, 0.1) is 5.69 Å². The lowest BCUT2D eigenvalue weighted by atomic mass is 10.1. The van der Waals surface area contributed by atoms with Crippen LogP contribution in [0, 0.1) is 11.6 Å². The second kappa shape index (κ2) is 10.3. The van der Waals surface area contributed by atoms with E-state index >= 15 is 0 Å². The van der Waals surface area contributed by atoms with Gasteiger partial charge in [0.15, 0.2) is 30.6 Å². The van der Waals surface area contributed by atoms with Crippen LogP contribution in [0.5, 0.6) is 11.5 Å². The molecule has 0 radical (unpaired) electrons. The van der Waals surface area contributed by atoms with Gasteiger partial charge >= 0.3 is 0 Å². The molecule has 0 spiro atoms. The van der Waals surface area contributed by atoms with Gasteiger partial charge in [0.25, 0.3) is 5.91 Å². The molecule has 10 heteroatoms. The Kier molecular flexibility index (Phi) is 7.00. The monoisotopic (exact) mass is 481 g/mol. The molecule has 8 nitrogen and oxygen atoms in total. The summed E-state index contributed by atoms with van der Waals surface area (Å²) in [7, 11) is 0. The van der Waals surface area contributed by atoms with Crippen LogP contribution in [0.4, 0.5) is 14.5 Å². The first-order valence-corrected chi connectivity index (χ1v) is 10.7. The third kappa shape index (κ3) is 5.43. The van der Waals surface area contributed by atoms with E-state index in [1.807, 2.05) is 6.07 Å². The molecule has 0 aliphatic carbocycles. The third-order valence-corrected chi connectivity index (χ3v) is 5.37. The van der Waals surface area contributed by atoms with Crippen molar-refractivity contribution in [2.24, 2.45) is 0 Å². The predicted molar refractivity (Wildman–Crippen MR) is 121 cm³/mol. The molecular formula is C25H21F2N3O5. The minimum atomic E-state index is -0.931. The molecule has 1 atom stereocenters. The number of ether oxygens (including phenoxy) is 2. The Morgan fingerprint density at radius 2 is 2.03 bits per heavy atom. The summed E-state index contributed by atoms with van der Waals surface area (Å²) in [6.07, 6.45) is 3.25. The molecule has 0 bridgehead atoms. The van der Waals surface area contributed by atoms with Crippen LogP contribution >= 0.6 is 0 Å². The molecule has 180 valence electrons. The van der Waals surface area contributed by atoms with Crippen molar-refractivity contribution in [1.82, 2.24) is 10.3 Å². The summed E-state index contributed by atoms with van der Waals surface area (Å²) in [5.41, 5.74) is 1.22. The number of aromatic nitrogens is 1. The maximum absolute atomic E-state index is 13.8. The van der Waals surface area contributed by atoms with E-state index in [0.717, 1.165) is 17.7 Å². The summed E-state index contributed by atoms with van der Waals surface area (Å²) >= 11 is 0. The molecule has 1 aliphatic heterocycles. The van der Waals surface area contributed by atoms with E-state index in [0.29, 0.717) is 11.8 Å². The number of carbonyl (C=O) groups is 3. The third-order valence-electron chi connectivity index (χ3n) is 5.37. The summed E-state index contributed by atoms with van der Waals surface area (Å²) in [6, 6.07) is 9.84. The lowest BCUT2D eigenvalue weighted by Gasteiger charge is -2.33. The second-order valence-electron chi connectivity index (χ2n) is 7.78. The van der Waals surface area contributed by atoms with Gasteiger partial charge in [0, 0.05) is 30.6 Å². The molecule has 2 aromatic carbocycles. The molecule has 0 saturated heterocycles. The minimum absolute atomic E-state index is 0.164. The van der Waals surface area contributed by atoms with Crippen molar-refractivity contribution < 1.29 is 32.6 Å². The van der Waals surface area contributed by atoms with Gasteiger partial charge in [-0.05, 0) is 48.9 Å². The van der Waals surface area contributed by atoms with Crippen LogP contribution in [0.1, 0.15) is 22.8 Å². The summed E-state index contributed by atoms with van der Waals surface area (Å²) < 4.78 is 37.5. The smallest absolute Gasteiger partial charge is 0.265 e. The molecule has 1 N–H and O–H groups in total. The first-order valence-electron chi connectivity index (χ1n) is 10.7. The fourth-order valence-electron chi connectivity index (χ4n) is 3.54. The molecule has 3 aromatic rings. The standard InChI is InChI=1S/C25H21F2N3O5/c1-15(25(33)29-12-16-3-2-8-28-11-16)30-20-9-17(4-6-23(20)35-14-24(30)32)21(31)13-34-22-7-5-18(26)10-19(22)27/h2-11,15H,12-14H2,1H3,(H,29,33). The summed E-state index contributed by atoms with van der Waals surface area (Å²) in [5.74, 6) is -2.99. The Labute approximate surface area is 199 Å². The Bertz CT molecular complexity index is 1270. The van der Waals surface area contributed by atoms with E-state index in [2.05, 4.69) is 10.3 Å². The second-order valence-corrected chi connectivity index (χ2v) is 7.78. The Morgan fingerprint density at radius 1 is 1.20 bits per heavy atom. The highest BCUT2D eigenvalue weighted by Crippen LogP contribution is 2.34. The van der Waals surface area contributed by atoms with Gasteiger partial charge in [-0.2, -0.15) is 0 Å². The lowest BCUT2D eigenvalue weighted by molar-refractivity contribution is -0.127. The molecule has 0 saturated carbocycles. The van der Waals surface area contributed by atoms with Crippen molar-refractivity contribution in [2.75, 3.05) is 18.1 Å². The van der Waals surface area contributed by atoms with Crippen molar-refractivity contribution in [2.45, 2.75) is 19.5 Å². The number of nitrogens with one attached hydrogen (secondary N) is 1. The van der Waals surface area contributed by atoms with E-state index in [-0.39, 0.29) is 30.2 Å². The zero-order valence-corrected chi connectivity index (χ0v) is 18.7. The first-order chi connectivity index (χ1) is 16.8. The molecular weight excluding hydrogens is 460 g/mol. The van der Waals surface area contributed by atoms with E-state index in [1.54, 1.807) is 25.4 Å². The number of amides is 2. The average molecular weight is 481 g/mol. The van der Waals surface area contributed by atoms with E-state index in [9.17, 15) is 23.2 Å². The van der Waals surface area contributed by atoms with Crippen LogP contribution in [0.15, 0.2) is 60.9 Å². The predicted octanol–water partition coefficient (Wildman–Crippen LogP) is 3.05. The maximum atomic E-state index is 13.8. The molecule has 2 heterocycles. The topological polar surface area (TPSA) is 97.8 Å². The SMILES string of the molecule is CC(C(=O)NCc1cccnc1)N1C(=O)COc2ccc(C(=O)COc3ccc(F)cc3F)cc21. The molecule has 1 aliphatic rings. The van der Waals surface area contributed by atoms with Gasteiger partial charge in [-0.15, -0.1) is 0 Å². The van der Waals surface area contributed by atoms with E-state index in [1.165, 1.54) is 23.1 Å². The van der Waals surface area contributed by atoms with Gasteiger partial charge in [0.1, 0.15) is 17.6 Å². The number of fused-ring (bicyclic) bond motifs is 1. The van der Waals surface area contributed by atoms with Crippen LogP contribution in [-0.4, -0.2) is 41.8 Å². The van der Waals surface area contributed by atoms with E-state index in [4.69, 9.17) is 9.47 Å². The number of benzene rings is 2. The van der Waals surface area contributed by atoms with Gasteiger partial charge in [-0.1, -0.05) is 6.07 Å². The molecule has 35 heavy (non-hydrogen) atoms. The average Bonchev–Trinajstić information content (AvgIpc) is 2.86. The van der Waals surface area contributed by atoms with Crippen molar-refractivity contribution >= 4 is 23.3 Å². The zero-order chi connectivity index (χ0) is 24.9. The fraction of sp³-hybridized carbons (Fsp3) is 0.200. The number of hydrogen-bond acceptors (Lipinski definition) is 6. The quantitative estimate of drug-likeness (QED) is 0.497. The number of nitrogens with zero attached hydrogens (tertiary/aromatic N) is 2. The summed E-state index contributed by atoms with van der Waals surface area (Å²) in [5, 5.41) is 2.77. The Balaban J connectivity index is 1.49. The van der Waals surface area contributed by atoms with Crippen LogP contribution < -0.4 is 19.7 Å². The van der Waals surface area contributed by atoms with Crippen molar-refractivity contribution in [1.29, 1.82) is 0 Å². The van der Waals surface area contributed by atoms with Gasteiger partial charge in [-0.3, -0.25) is 24.3 Å².